The maximum Gasteiger partial charge on any atom is 0.323 e. The molecule has 0 aliphatic heterocycles. The minimum Gasteiger partial charge on any atom is -0.463 e. The number of nitrogens with zero attached hydrogens (tertiary/aromatic N) is 3. The van der Waals surface area contributed by atoms with E-state index in [-0.39, 0.29) is 5.54 Å². The monoisotopic (exact) mass is 293 g/mol. The van der Waals surface area contributed by atoms with Gasteiger partial charge in [0.1, 0.15) is 0 Å². The van der Waals surface area contributed by atoms with Crippen LogP contribution in [0.4, 0.5) is 11.9 Å². The van der Waals surface area contributed by atoms with E-state index < -0.39 is 0 Å². The Morgan fingerprint density at radius 3 is 2.38 bits per heavy atom. The fourth-order valence-corrected chi connectivity index (χ4v) is 2.39. The van der Waals surface area contributed by atoms with Crippen LogP contribution in [0.25, 0.3) is 0 Å². The molecular formula is C15H27N5O. The zero-order chi connectivity index (χ0) is 15.1. The van der Waals surface area contributed by atoms with Crippen LogP contribution in [0.2, 0.25) is 0 Å². The van der Waals surface area contributed by atoms with Crippen LogP contribution in [0.15, 0.2) is 0 Å². The van der Waals surface area contributed by atoms with Gasteiger partial charge in [-0.05, 0) is 38.5 Å². The zero-order valence-electron chi connectivity index (χ0n) is 13.4. The molecule has 1 aliphatic rings. The molecule has 1 heterocycles. The fourth-order valence-electron chi connectivity index (χ4n) is 2.39. The summed E-state index contributed by atoms with van der Waals surface area (Å²) >= 11 is 0. The molecule has 1 aromatic heterocycles. The van der Waals surface area contributed by atoms with Gasteiger partial charge in [0.15, 0.2) is 0 Å². The number of nitrogens with one attached hydrogen (secondary N) is 2. The Hall–Kier alpha value is -1.59. The Bertz CT molecular complexity index is 416. The summed E-state index contributed by atoms with van der Waals surface area (Å²) < 4.78 is 5.57. The Morgan fingerprint density at radius 1 is 1.05 bits per heavy atom. The summed E-state index contributed by atoms with van der Waals surface area (Å²) in [5.41, 5.74) is 0.158. The highest BCUT2D eigenvalue weighted by molar-refractivity contribution is 5.38. The predicted molar refractivity (Wildman–Crippen MR) is 84.9 cm³/mol. The van der Waals surface area contributed by atoms with Crippen molar-refractivity contribution in [1.82, 2.24) is 15.0 Å². The molecule has 2 rings (SSSR count). The second kappa shape index (κ2) is 7.43. The van der Waals surface area contributed by atoms with Gasteiger partial charge >= 0.3 is 6.01 Å². The van der Waals surface area contributed by atoms with E-state index >= 15 is 0 Å². The van der Waals surface area contributed by atoms with E-state index in [0.29, 0.717) is 24.5 Å². The molecule has 0 spiro atoms. The molecule has 6 heteroatoms. The Labute approximate surface area is 127 Å². The van der Waals surface area contributed by atoms with Crippen LogP contribution >= 0.6 is 0 Å². The van der Waals surface area contributed by atoms with Gasteiger partial charge in [0.2, 0.25) is 11.9 Å². The number of anilines is 2. The van der Waals surface area contributed by atoms with Crippen LogP contribution in [0.3, 0.4) is 0 Å². The normalized spacial score (nSPS) is 16.1. The molecule has 21 heavy (non-hydrogen) atoms. The highest BCUT2D eigenvalue weighted by Gasteiger charge is 2.35. The number of hydrogen-bond donors (Lipinski definition) is 2. The Morgan fingerprint density at radius 2 is 1.81 bits per heavy atom. The van der Waals surface area contributed by atoms with Crippen LogP contribution in [0, 0.1) is 0 Å². The third kappa shape index (κ3) is 4.19. The minimum absolute atomic E-state index is 0.158. The molecule has 118 valence electrons. The largest absolute Gasteiger partial charge is 0.463 e. The molecule has 0 aromatic carbocycles. The molecule has 6 nitrogen and oxygen atoms in total. The number of aromatic nitrogens is 3. The van der Waals surface area contributed by atoms with Crippen LogP contribution < -0.4 is 15.4 Å². The molecule has 0 bridgehead atoms. The average molecular weight is 293 g/mol. The van der Waals surface area contributed by atoms with Crippen LogP contribution in [-0.2, 0) is 0 Å². The molecule has 0 saturated heterocycles. The third-order valence-corrected chi connectivity index (χ3v) is 3.95. The summed E-state index contributed by atoms with van der Waals surface area (Å²) in [6.45, 7) is 7.85. The van der Waals surface area contributed by atoms with Crippen LogP contribution in [-0.4, -0.2) is 33.6 Å². The standard InChI is InChI=1S/C15H27N5O/c1-4-10-16-12-17-13(19-14(18-12)21-11-5-2)20-15(6-3)8-7-9-15/h4-11H2,1-3H3,(H2,16,17,18,19,20). The van der Waals surface area contributed by atoms with E-state index in [1.165, 1.54) is 19.3 Å². The van der Waals surface area contributed by atoms with Crippen molar-refractivity contribution >= 4 is 11.9 Å². The molecule has 2 N–H and O–H groups in total. The molecule has 0 amide bonds. The SMILES string of the molecule is CCCNc1nc(NC2(CC)CCC2)nc(OCCC)n1. The summed E-state index contributed by atoms with van der Waals surface area (Å²) in [6.07, 6.45) is 6.67. The van der Waals surface area contributed by atoms with Gasteiger partial charge in [-0.2, -0.15) is 15.0 Å². The summed E-state index contributed by atoms with van der Waals surface area (Å²) in [5.74, 6) is 1.21. The molecule has 0 unspecified atom stereocenters. The smallest absolute Gasteiger partial charge is 0.323 e. The highest BCUT2D eigenvalue weighted by Crippen LogP contribution is 2.37. The highest BCUT2D eigenvalue weighted by atomic mass is 16.5. The maximum absolute atomic E-state index is 5.57. The van der Waals surface area contributed by atoms with E-state index in [4.69, 9.17) is 4.74 Å². The van der Waals surface area contributed by atoms with Crippen molar-refractivity contribution < 1.29 is 4.74 Å². The maximum atomic E-state index is 5.57. The van der Waals surface area contributed by atoms with Gasteiger partial charge in [-0.15, -0.1) is 0 Å². The molecular weight excluding hydrogens is 266 g/mol. The second-order valence-electron chi connectivity index (χ2n) is 5.65. The molecule has 0 radical (unpaired) electrons. The summed E-state index contributed by atoms with van der Waals surface area (Å²) in [7, 11) is 0. The first kappa shape index (κ1) is 15.8. The predicted octanol–water partition coefficient (Wildman–Crippen LogP) is 3.23. The summed E-state index contributed by atoms with van der Waals surface area (Å²) in [5, 5.41) is 6.70. The summed E-state index contributed by atoms with van der Waals surface area (Å²) in [6, 6.07) is 0.401. The van der Waals surface area contributed by atoms with Gasteiger partial charge in [0.25, 0.3) is 0 Å². The van der Waals surface area contributed by atoms with Crippen molar-refractivity contribution in [2.75, 3.05) is 23.8 Å². The van der Waals surface area contributed by atoms with E-state index in [1.54, 1.807) is 0 Å². The van der Waals surface area contributed by atoms with E-state index in [2.05, 4.69) is 46.4 Å². The van der Waals surface area contributed by atoms with Crippen molar-refractivity contribution in [3.05, 3.63) is 0 Å². The van der Waals surface area contributed by atoms with E-state index in [9.17, 15) is 0 Å². The van der Waals surface area contributed by atoms with Gasteiger partial charge in [0, 0.05) is 12.1 Å². The van der Waals surface area contributed by atoms with Crippen LogP contribution in [0.1, 0.15) is 59.3 Å². The fraction of sp³-hybridized carbons (Fsp3) is 0.800. The first-order valence-corrected chi connectivity index (χ1v) is 8.12. The van der Waals surface area contributed by atoms with Crippen molar-refractivity contribution in [1.29, 1.82) is 0 Å². The summed E-state index contributed by atoms with van der Waals surface area (Å²) in [4.78, 5) is 13.2. The molecule has 1 aliphatic carbocycles. The number of ether oxygens (including phenoxy) is 1. The molecule has 1 saturated carbocycles. The number of hydrogen-bond acceptors (Lipinski definition) is 6. The zero-order valence-corrected chi connectivity index (χ0v) is 13.4. The van der Waals surface area contributed by atoms with E-state index in [0.717, 1.165) is 25.8 Å². The van der Waals surface area contributed by atoms with Crippen LogP contribution in [0.5, 0.6) is 6.01 Å². The lowest BCUT2D eigenvalue weighted by Gasteiger charge is -2.41. The molecule has 1 fully saturated rings. The molecule has 1 aromatic rings. The topological polar surface area (TPSA) is 72.0 Å². The van der Waals surface area contributed by atoms with Crippen molar-refractivity contribution in [2.24, 2.45) is 0 Å². The van der Waals surface area contributed by atoms with Gasteiger partial charge in [-0.3, -0.25) is 0 Å². The van der Waals surface area contributed by atoms with Gasteiger partial charge in [0.05, 0.1) is 6.61 Å². The minimum atomic E-state index is 0.158. The average Bonchev–Trinajstić information content (AvgIpc) is 2.46. The van der Waals surface area contributed by atoms with Crippen molar-refractivity contribution in [2.45, 2.75) is 64.8 Å². The second-order valence-corrected chi connectivity index (χ2v) is 5.65. The Balaban J connectivity index is 2.13. The first-order valence-electron chi connectivity index (χ1n) is 8.12. The molecule has 0 atom stereocenters. The first-order chi connectivity index (χ1) is 10.2. The lowest BCUT2D eigenvalue weighted by Crippen LogP contribution is -2.44. The van der Waals surface area contributed by atoms with E-state index in [1.807, 2.05) is 0 Å². The lowest BCUT2D eigenvalue weighted by atomic mass is 9.75. The van der Waals surface area contributed by atoms with Crippen molar-refractivity contribution in [3.8, 4) is 6.01 Å². The van der Waals surface area contributed by atoms with Crippen molar-refractivity contribution in [3.63, 3.8) is 0 Å². The lowest BCUT2D eigenvalue weighted by molar-refractivity contribution is 0.265. The third-order valence-electron chi connectivity index (χ3n) is 3.95. The van der Waals surface area contributed by atoms with Gasteiger partial charge in [-0.1, -0.05) is 20.8 Å². The Kier molecular flexibility index (Phi) is 5.59. The number of rotatable bonds is 9. The van der Waals surface area contributed by atoms with Gasteiger partial charge in [-0.25, -0.2) is 0 Å². The quantitative estimate of drug-likeness (QED) is 0.728. The van der Waals surface area contributed by atoms with Gasteiger partial charge < -0.3 is 15.4 Å².